The largest absolute Gasteiger partial charge is 0.455 e. The van der Waals surface area contributed by atoms with E-state index in [0.29, 0.717) is 36.0 Å². The van der Waals surface area contributed by atoms with Gasteiger partial charge in [0.1, 0.15) is 5.75 Å². The minimum absolute atomic E-state index is 0.469. The molecule has 0 spiro atoms. The van der Waals surface area contributed by atoms with Crippen LogP contribution in [0, 0.1) is 11.3 Å². The van der Waals surface area contributed by atoms with Gasteiger partial charge in [-0.25, -0.2) is 0 Å². The van der Waals surface area contributed by atoms with E-state index in [0.717, 1.165) is 6.29 Å². The lowest BCUT2D eigenvalue weighted by Crippen LogP contribution is -1.93. The third-order valence-corrected chi connectivity index (χ3v) is 4.52. The van der Waals surface area contributed by atoms with Gasteiger partial charge < -0.3 is 4.74 Å². The first-order valence-corrected chi connectivity index (χ1v) is 7.75. The number of ether oxygens (including phenoxy) is 1. The molecule has 2 aromatic carbocycles. The molecule has 3 nitrogen and oxygen atoms in total. The van der Waals surface area contributed by atoms with Crippen molar-refractivity contribution in [1.82, 2.24) is 0 Å². The number of aldehydes is 1. The Balaban J connectivity index is 2.43. The Morgan fingerprint density at radius 2 is 1.75 bits per heavy atom. The van der Waals surface area contributed by atoms with Gasteiger partial charge in [-0.05, 0) is 78.1 Å². The maximum absolute atomic E-state index is 11.1. The van der Waals surface area contributed by atoms with Gasteiger partial charge in [0.25, 0.3) is 0 Å². The van der Waals surface area contributed by atoms with Crippen molar-refractivity contribution in [2.45, 2.75) is 0 Å². The summed E-state index contributed by atoms with van der Waals surface area (Å²) in [6, 6.07) is 10.5. The molecule has 100 valence electrons. The second-order valence-corrected chi connectivity index (χ2v) is 6.25. The number of carbonyl (C=O) groups excluding carboxylic acids is 1. The van der Waals surface area contributed by atoms with Gasteiger partial charge in [-0.15, -0.1) is 0 Å². The first kappa shape index (κ1) is 15.2. The number of nitrogens with zero attached hydrogens (tertiary/aromatic N) is 1. The highest BCUT2D eigenvalue weighted by atomic mass is 79.9. The van der Waals surface area contributed by atoms with Crippen molar-refractivity contribution < 1.29 is 9.53 Å². The zero-order valence-corrected chi connectivity index (χ0v) is 14.6. The van der Waals surface area contributed by atoms with Gasteiger partial charge in [0, 0.05) is 10.0 Å². The molecule has 0 atom stereocenters. The fourth-order valence-electron chi connectivity index (χ4n) is 1.50. The van der Waals surface area contributed by atoms with E-state index < -0.39 is 0 Å². The van der Waals surface area contributed by atoms with E-state index >= 15 is 0 Å². The summed E-state index contributed by atoms with van der Waals surface area (Å²) in [4.78, 5) is 11.1. The number of nitriles is 1. The van der Waals surface area contributed by atoms with E-state index in [1.54, 1.807) is 30.3 Å². The first-order valence-electron chi connectivity index (χ1n) is 5.37. The molecule has 0 aliphatic carbocycles. The molecule has 0 fully saturated rings. The van der Waals surface area contributed by atoms with Crippen LogP contribution in [0.1, 0.15) is 15.9 Å². The lowest BCUT2D eigenvalue weighted by molar-refractivity contribution is 0.112. The minimum Gasteiger partial charge on any atom is -0.455 e. The van der Waals surface area contributed by atoms with E-state index in [4.69, 9.17) is 10.00 Å². The highest BCUT2D eigenvalue weighted by Gasteiger charge is 2.15. The maximum Gasteiger partial charge on any atom is 0.156 e. The molecule has 0 aliphatic rings. The molecule has 6 heteroatoms. The molecule has 0 aliphatic heterocycles. The molecule has 0 heterocycles. The molecule has 0 bridgehead atoms. The molecule has 0 saturated heterocycles. The van der Waals surface area contributed by atoms with E-state index in [1.807, 2.05) is 6.07 Å². The van der Waals surface area contributed by atoms with Crippen molar-refractivity contribution in [1.29, 1.82) is 5.26 Å². The molecule has 0 N–H and O–H groups in total. The van der Waals surface area contributed by atoms with E-state index in [1.165, 1.54) is 0 Å². The predicted octanol–water partition coefficient (Wildman–Crippen LogP) is 5.45. The molecule has 20 heavy (non-hydrogen) atoms. The minimum atomic E-state index is 0.469. The molecular weight excluding hydrogens is 454 g/mol. The second-order valence-electron chi connectivity index (χ2n) is 3.75. The van der Waals surface area contributed by atoms with Crippen LogP contribution in [-0.2, 0) is 0 Å². The topological polar surface area (TPSA) is 50.1 Å². The predicted molar refractivity (Wildman–Crippen MR) is 86.2 cm³/mol. The summed E-state index contributed by atoms with van der Waals surface area (Å²) in [5.74, 6) is 1.07. The summed E-state index contributed by atoms with van der Waals surface area (Å²) in [7, 11) is 0. The highest BCUT2D eigenvalue weighted by molar-refractivity contribution is 9.11. The van der Waals surface area contributed by atoms with Crippen LogP contribution in [0.5, 0.6) is 11.5 Å². The van der Waals surface area contributed by atoms with Gasteiger partial charge in [0.05, 0.1) is 20.6 Å². The maximum atomic E-state index is 11.1. The van der Waals surface area contributed by atoms with E-state index in [-0.39, 0.29) is 0 Å². The van der Waals surface area contributed by atoms with Crippen molar-refractivity contribution in [2.75, 3.05) is 0 Å². The van der Waals surface area contributed by atoms with Crippen LogP contribution in [0.4, 0.5) is 0 Å². The van der Waals surface area contributed by atoms with Crippen LogP contribution in [0.3, 0.4) is 0 Å². The quantitative estimate of drug-likeness (QED) is 0.573. The second kappa shape index (κ2) is 6.53. The number of carbonyl (C=O) groups is 1. The lowest BCUT2D eigenvalue weighted by Gasteiger charge is -2.12. The molecule has 0 radical (unpaired) electrons. The average Bonchev–Trinajstić information content (AvgIpc) is 2.44. The Morgan fingerprint density at radius 3 is 2.30 bits per heavy atom. The molecular formula is C14H6Br3NO2. The first-order chi connectivity index (χ1) is 9.56. The number of hydrogen-bond acceptors (Lipinski definition) is 3. The summed E-state index contributed by atoms with van der Waals surface area (Å²) in [5, 5.41) is 8.76. The van der Waals surface area contributed by atoms with E-state index in [2.05, 4.69) is 47.8 Å². The Morgan fingerprint density at radius 1 is 1.10 bits per heavy atom. The third-order valence-electron chi connectivity index (χ3n) is 2.48. The Kier molecular flexibility index (Phi) is 4.97. The van der Waals surface area contributed by atoms with Gasteiger partial charge in [-0.3, -0.25) is 4.79 Å². The van der Waals surface area contributed by atoms with Gasteiger partial charge >= 0.3 is 0 Å². The van der Waals surface area contributed by atoms with Crippen molar-refractivity contribution in [3.8, 4) is 17.6 Å². The lowest BCUT2D eigenvalue weighted by atomic mass is 10.2. The Bertz CT molecular complexity index is 706. The Labute approximate surface area is 140 Å². The molecule has 0 aromatic heterocycles. The summed E-state index contributed by atoms with van der Waals surface area (Å²) in [6.45, 7) is 0. The summed E-state index contributed by atoms with van der Waals surface area (Å²) in [5.41, 5.74) is 1.02. The molecule has 2 rings (SSSR count). The van der Waals surface area contributed by atoms with Crippen molar-refractivity contribution in [3.05, 3.63) is 54.9 Å². The average molecular weight is 460 g/mol. The molecule has 0 saturated carbocycles. The number of hydrogen-bond donors (Lipinski definition) is 0. The standard InChI is InChI=1S/C14H6Br3NO2/c15-11-5-12(16)14(13(17)10(11)7-19)20-9-3-1-8(6-18)2-4-9/h1-5,7H. The zero-order valence-electron chi connectivity index (χ0n) is 9.86. The van der Waals surface area contributed by atoms with Gasteiger partial charge in [-0.1, -0.05) is 0 Å². The molecule has 0 amide bonds. The summed E-state index contributed by atoms with van der Waals surface area (Å²) in [6.07, 6.45) is 0.742. The zero-order chi connectivity index (χ0) is 14.7. The number of halogens is 3. The van der Waals surface area contributed by atoms with Crippen LogP contribution in [0.15, 0.2) is 43.7 Å². The number of benzene rings is 2. The van der Waals surface area contributed by atoms with Gasteiger partial charge in [-0.2, -0.15) is 5.26 Å². The molecule has 0 unspecified atom stereocenters. The summed E-state index contributed by atoms with van der Waals surface area (Å²) < 4.78 is 7.67. The van der Waals surface area contributed by atoms with Crippen LogP contribution in [0.25, 0.3) is 0 Å². The normalized spacial score (nSPS) is 9.90. The monoisotopic (exact) mass is 457 g/mol. The number of rotatable bonds is 3. The Hall–Kier alpha value is -1.16. The SMILES string of the molecule is N#Cc1ccc(Oc2c(Br)cc(Br)c(C=O)c2Br)cc1. The van der Waals surface area contributed by atoms with Gasteiger partial charge in [0.2, 0.25) is 0 Å². The fraction of sp³-hybridized carbons (Fsp3) is 0. The van der Waals surface area contributed by atoms with Crippen LogP contribution >= 0.6 is 47.8 Å². The van der Waals surface area contributed by atoms with E-state index in [9.17, 15) is 4.79 Å². The fourth-order valence-corrected chi connectivity index (χ4v) is 3.97. The van der Waals surface area contributed by atoms with Crippen molar-refractivity contribution >= 4 is 54.1 Å². The van der Waals surface area contributed by atoms with Crippen molar-refractivity contribution in [2.24, 2.45) is 0 Å². The van der Waals surface area contributed by atoms with Crippen LogP contribution in [-0.4, -0.2) is 6.29 Å². The molecule has 2 aromatic rings. The van der Waals surface area contributed by atoms with Gasteiger partial charge in [0.15, 0.2) is 12.0 Å². The summed E-state index contributed by atoms with van der Waals surface area (Å²) >= 11 is 10.1. The highest BCUT2D eigenvalue weighted by Crippen LogP contribution is 2.41. The smallest absolute Gasteiger partial charge is 0.156 e. The van der Waals surface area contributed by atoms with Crippen LogP contribution < -0.4 is 4.74 Å². The van der Waals surface area contributed by atoms with Crippen molar-refractivity contribution in [3.63, 3.8) is 0 Å². The van der Waals surface area contributed by atoms with Crippen LogP contribution in [0.2, 0.25) is 0 Å². The third kappa shape index (κ3) is 3.11.